The monoisotopic (exact) mass is 257 g/mol. The number of likely N-dealkylation sites (N-methyl/N-ethyl adjacent to an activating group) is 1. The van der Waals surface area contributed by atoms with Gasteiger partial charge >= 0.3 is 6.18 Å². The lowest BCUT2D eigenvalue weighted by atomic mass is 9.87. The highest BCUT2D eigenvalue weighted by Gasteiger charge is 2.43. The number of halogens is 3. The van der Waals surface area contributed by atoms with Crippen LogP contribution in [0.25, 0.3) is 0 Å². The van der Waals surface area contributed by atoms with Crippen molar-refractivity contribution in [2.45, 2.75) is 18.6 Å². The molecule has 98 valence electrons. The van der Waals surface area contributed by atoms with Crippen molar-refractivity contribution in [3.05, 3.63) is 35.4 Å². The molecular weight excluding hydrogens is 243 g/mol. The molecule has 0 saturated heterocycles. The molecule has 0 aliphatic carbocycles. The molecule has 2 rings (SSSR count). The van der Waals surface area contributed by atoms with Crippen LogP contribution in [0.2, 0.25) is 0 Å². The highest BCUT2D eigenvalue weighted by atomic mass is 19.4. The predicted octanol–water partition coefficient (Wildman–Crippen LogP) is 2.18. The number of nitrogens with two attached hydrogens (primary N) is 1. The highest BCUT2D eigenvalue weighted by Crippen LogP contribution is 2.40. The van der Waals surface area contributed by atoms with Crippen LogP contribution in [-0.4, -0.2) is 24.5 Å². The average molecular weight is 257 g/mol. The number of rotatable bonds is 1. The lowest BCUT2D eigenvalue weighted by molar-refractivity contribution is -0.139. The fraction of sp³-hybridized carbons (Fsp3) is 0.417. The van der Waals surface area contributed by atoms with E-state index in [1.807, 2.05) is 0 Å². The summed E-state index contributed by atoms with van der Waals surface area (Å²) in [5.74, 6) is 0.259. The summed E-state index contributed by atoms with van der Waals surface area (Å²) in [5, 5.41) is 0. The van der Waals surface area contributed by atoms with Gasteiger partial charge in [0.1, 0.15) is 0 Å². The summed E-state index contributed by atoms with van der Waals surface area (Å²) in [4.78, 5) is 5.60. The Kier molecular flexibility index (Phi) is 2.76. The summed E-state index contributed by atoms with van der Waals surface area (Å²) in [6, 6.07) is 5.55. The van der Waals surface area contributed by atoms with Crippen molar-refractivity contribution in [2.75, 3.05) is 13.6 Å². The molecule has 0 aromatic heterocycles. The number of aliphatic imine (C=N–C) groups is 1. The van der Waals surface area contributed by atoms with E-state index in [0.29, 0.717) is 0 Å². The summed E-state index contributed by atoms with van der Waals surface area (Å²) in [7, 11) is 1.65. The predicted molar refractivity (Wildman–Crippen MR) is 63.0 cm³/mol. The van der Waals surface area contributed by atoms with Gasteiger partial charge in [0.05, 0.1) is 17.6 Å². The van der Waals surface area contributed by atoms with Crippen molar-refractivity contribution < 1.29 is 13.2 Å². The molecule has 0 bridgehead atoms. The first-order valence-corrected chi connectivity index (χ1v) is 5.47. The summed E-state index contributed by atoms with van der Waals surface area (Å²) in [6.45, 7) is 1.93. The quantitative estimate of drug-likeness (QED) is 0.837. The SMILES string of the molecule is CN1C(N)=NCC1(C)c1ccccc1C(F)(F)F. The molecule has 1 heterocycles. The molecule has 1 aromatic carbocycles. The van der Waals surface area contributed by atoms with Crippen molar-refractivity contribution in [1.82, 2.24) is 4.90 Å². The van der Waals surface area contributed by atoms with E-state index in [1.54, 1.807) is 24.9 Å². The van der Waals surface area contributed by atoms with Crippen LogP contribution in [0.3, 0.4) is 0 Å². The van der Waals surface area contributed by atoms with E-state index in [-0.39, 0.29) is 18.1 Å². The van der Waals surface area contributed by atoms with Gasteiger partial charge < -0.3 is 10.6 Å². The van der Waals surface area contributed by atoms with Crippen molar-refractivity contribution in [3.63, 3.8) is 0 Å². The van der Waals surface area contributed by atoms with Crippen LogP contribution in [0.4, 0.5) is 13.2 Å². The maximum atomic E-state index is 13.0. The zero-order valence-electron chi connectivity index (χ0n) is 10.1. The average Bonchev–Trinajstić information content (AvgIpc) is 2.57. The molecule has 0 spiro atoms. The molecule has 1 aromatic rings. The first kappa shape index (κ1) is 12.7. The van der Waals surface area contributed by atoms with Gasteiger partial charge in [-0.2, -0.15) is 13.2 Å². The zero-order chi connectivity index (χ0) is 13.6. The molecule has 1 aliphatic rings. The largest absolute Gasteiger partial charge is 0.416 e. The van der Waals surface area contributed by atoms with Crippen LogP contribution in [-0.2, 0) is 11.7 Å². The number of hydrogen-bond donors (Lipinski definition) is 1. The number of alkyl halides is 3. The summed E-state index contributed by atoms with van der Waals surface area (Å²) in [6.07, 6.45) is -4.38. The van der Waals surface area contributed by atoms with Gasteiger partial charge in [0.25, 0.3) is 0 Å². The highest BCUT2D eigenvalue weighted by molar-refractivity contribution is 5.81. The van der Waals surface area contributed by atoms with Gasteiger partial charge in [0.2, 0.25) is 0 Å². The normalized spacial score (nSPS) is 24.3. The molecule has 0 fully saturated rings. The van der Waals surface area contributed by atoms with Crippen LogP contribution in [0, 0.1) is 0 Å². The van der Waals surface area contributed by atoms with Crippen LogP contribution in [0.1, 0.15) is 18.1 Å². The smallest absolute Gasteiger partial charge is 0.370 e. The third-order valence-electron chi connectivity index (χ3n) is 3.45. The molecule has 0 amide bonds. The van der Waals surface area contributed by atoms with Crippen LogP contribution in [0.15, 0.2) is 29.3 Å². The van der Waals surface area contributed by atoms with Gasteiger partial charge in [0.15, 0.2) is 5.96 Å². The lowest BCUT2D eigenvalue weighted by Gasteiger charge is -2.35. The fourth-order valence-corrected chi connectivity index (χ4v) is 2.17. The van der Waals surface area contributed by atoms with E-state index < -0.39 is 17.3 Å². The molecule has 6 heteroatoms. The number of hydrogen-bond acceptors (Lipinski definition) is 3. The maximum absolute atomic E-state index is 13.0. The van der Waals surface area contributed by atoms with Gasteiger partial charge in [-0.3, -0.25) is 4.99 Å². The van der Waals surface area contributed by atoms with Gasteiger partial charge in [-0.15, -0.1) is 0 Å². The minimum absolute atomic E-state index is 0.198. The van der Waals surface area contributed by atoms with Crippen LogP contribution in [0.5, 0.6) is 0 Å². The van der Waals surface area contributed by atoms with E-state index in [0.717, 1.165) is 6.07 Å². The fourth-order valence-electron chi connectivity index (χ4n) is 2.17. The van der Waals surface area contributed by atoms with E-state index in [1.165, 1.54) is 12.1 Å². The third kappa shape index (κ3) is 1.81. The molecule has 0 saturated carbocycles. The minimum atomic E-state index is -4.38. The van der Waals surface area contributed by atoms with E-state index in [9.17, 15) is 13.2 Å². The van der Waals surface area contributed by atoms with Gasteiger partial charge in [0, 0.05) is 7.05 Å². The topological polar surface area (TPSA) is 41.6 Å². The third-order valence-corrected chi connectivity index (χ3v) is 3.45. The van der Waals surface area contributed by atoms with E-state index in [4.69, 9.17) is 5.73 Å². The van der Waals surface area contributed by atoms with Gasteiger partial charge in [-0.25, -0.2) is 0 Å². The van der Waals surface area contributed by atoms with E-state index in [2.05, 4.69) is 4.99 Å². The molecule has 2 N–H and O–H groups in total. The standard InChI is InChI=1S/C12H14F3N3/c1-11(7-17-10(16)18(11)2)8-5-3-4-6-9(8)12(13,14)15/h3-6H,7H2,1-2H3,(H2,16,17). The van der Waals surface area contributed by atoms with Gasteiger partial charge in [-0.1, -0.05) is 18.2 Å². The first-order valence-electron chi connectivity index (χ1n) is 5.47. The number of benzene rings is 1. The summed E-state index contributed by atoms with van der Waals surface area (Å²) < 4.78 is 39.0. The Labute approximate surface area is 103 Å². The Balaban J connectivity index is 2.53. The Hall–Kier alpha value is -1.72. The molecule has 0 radical (unpaired) electrons. The Bertz CT molecular complexity index is 496. The summed E-state index contributed by atoms with van der Waals surface area (Å²) >= 11 is 0. The second kappa shape index (κ2) is 3.90. The first-order chi connectivity index (χ1) is 8.27. The second-order valence-electron chi connectivity index (χ2n) is 4.55. The van der Waals surface area contributed by atoms with Crippen molar-refractivity contribution >= 4 is 5.96 Å². The molecule has 3 nitrogen and oxygen atoms in total. The van der Waals surface area contributed by atoms with Gasteiger partial charge in [-0.05, 0) is 18.6 Å². The Morgan fingerprint density at radius 1 is 1.33 bits per heavy atom. The van der Waals surface area contributed by atoms with Crippen molar-refractivity contribution in [3.8, 4) is 0 Å². The molecule has 1 unspecified atom stereocenters. The molecule has 1 atom stereocenters. The Morgan fingerprint density at radius 2 is 1.94 bits per heavy atom. The molecule has 1 aliphatic heterocycles. The van der Waals surface area contributed by atoms with Crippen LogP contribution >= 0.6 is 0 Å². The van der Waals surface area contributed by atoms with Crippen molar-refractivity contribution in [2.24, 2.45) is 10.7 Å². The minimum Gasteiger partial charge on any atom is -0.370 e. The number of nitrogens with zero attached hydrogens (tertiary/aromatic N) is 2. The van der Waals surface area contributed by atoms with Crippen molar-refractivity contribution in [1.29, 1.82) is 0 Å². The Morgan fingerprint density at radius 3 is 2.44 bits per heavy atom. The van der Waals surface area contributed by atoms with Crippen LogP contribution < -0.4 is 5.73 Å². The zero-order valence-corrected chi connectivity index (χ0v) is 10.1. The maximum Gasteiger partial charge on any atom is 0.416 e. The lowest BCUT2D eigenvalue weighted by Crippen LogP contribution is -2.45. The van der Waals surface area contributed by atoms with E-state index >= 15 is 0 Å². The molecule has 18 heavy (non-hydrogen) atoms. The second-order valence-corrected chi connectivity index (χ2v) is 4.55. The molecular formula is C12H14F3N3. The number of guanidine groups is 1. The summed E-state index contributed by atoms with van der Waals surface area (Å²) in [5.41, 5.74) is 4.36.